The summed E-state index contributed by atoms with van der Waals surface area (Å²) in [6, 6.07) is 0. The Labute approximate surface area is 59.2 Å². The lowest BCUT2D eigenvalue weighted by Crippen LogP contribution is -3.10. The molecule has 0 aliphatic carbocycles. The van der Waals surface area contributed by atoms with E-state index >= 15 is 0 Å². The van der Waals surface area contributed by atoms with Crippen molar-refractivity contribution in [2.45, 2.75) is 13.8 Å². The predicted octanol–water partition coefficient (Wildman–Crippen LogP) is 0.304. The van der Waals surface area contributed by atoms with Gasteiger partial charge >= 0.3 is 0 Å². The smallest absolute Gasteiger partial charge is 0.128 e. The fraction of sp³-hybridized carbons (Fsp3) is 1.00. The molecule has 0 atom stereocenters. The van der Waals surface area contributed by atoms with Crippen LogP contribution < -0.4 is 4.90 Å². The Kier molecular flexibility index (Phi) is 5.32. The first-order chi connectivity index (χ1) is 3.35. The van der Waals surface area contributed by atoms with Crippen molar-refractivity contribution in [1.29, 1.82) is 0 Å². The zero-order valence-electron chi connectivity index (χ0n) is 5.00. The average molecular weight is 214 g/mol. The van der Waals surface area contributed by atoms with E-state index in [0.29, 0.717) is 0 Å². The first-order valence-corrected chi connectivity index (χ1v) is 4.27. The van der Waals surface area contributed by atoms with Crippen LogP contribution in [0.1, 0.15) is 13.8 Å². The molecule has 0 aliphatic heterocycles. The van der Waals surface area contributed by atoms with E-state index in [9.17, 15) is 0 Å². The molecular formula is C5H13IN+. The van der Waals surface area contributed by atoms with E-state index in [2.05, 4.69) is 36.4 Å². The SMILES string of the molecule is CC[NH+](CC)CI. The number of hydrogen-bond acceptors (Lipinski definition) is 0. The second-order valence-corrected chi connectivity index (χ2v) is 2.35. The van der Waals surface area contributed by atoms with Crippen molar-refractivity contribution in [3.63, 3.8) is 0 Å². The monoisotopic (exact) mass is 214 g/mol. The maximum absolute atomic E-state index is 2.41. The molecule has 0 unspecified atom stereocenters. The van der Waals surface area contributed by atoms with Gasteiger partial charge in [-0.1, -0.05) is 0 Å². The van der Waals surface area contributed by atoms with Gasteiger partial charge < -0.3 is 4.90 Å². The fourth-order valence-corrected chi connectivity index (χ4v) is 1.52. The highest BCUT2D eigenvalue weighted by Crippen LogP contribution is 1.65. The molecule has 0 amide bonds. The van der Waals surface area contributed by atoms with Gasteiger partial charge in [0.25, 0.3) is 0 Å². The minimum atomic E-state index is 1.24. The summed E-state index contributed by atoms with van der Waals surface area (Å²) >= 11 is 2.41. The number of hydrogen-bond donors (Lipinski definition) is 1. The first kappa shape index (κ1) is 7.69. The summed E-state index contributed by atoms with van der Waals surface area (Å²) in [5, 5.41) is 0. The van der Waals surface area contributed by atoms with Gasteiger partial charge in [0, 0.05) is 0 Å². The lowest BCUT2D eigenvalue weighted by atomic mass is 10.6. The normalized spacial score (nSPS) is 10.3. The van der Waals surface area contributed by atoms with E-state index in [-0.39, 0.29) is 0 Å². The van der Waals surface area contributed by atoms with Gasteiger partial charge in [-0.05, 0) is 36.4 Å². The van der Waals surface area contributed by atoms with Crippen LogP contribution in [0.25, 0.3) is 0 Å². The van der Waals surface area contributed by atoms with Gasteiger partial charge in [0.15, 0.2) is 0 Å². The standard InChI is InChI=1S/C5H12IN/c1-3-7(4-2)5-6/h3-5H2,1-2H3/p+1. The zero-order chi connectivity index (χ0) is 5.70. The highest BCUT2D eigenvalue weighted by molar-refractivity contribution is 14.1. The number of quaternary nitrogens is 1. The molecule has 44 valence electrons. The van der Waals surface area contributed by atoms with Crippen LogP contribution in [0.4, 0.5) is 0 Å². The average Bonchev–Trinajstić information content (AvgIpc) is 1.72. The lowest BCUT2D eigenvalue weighted by Gasteiger charge is -2.09. The van der Waals surface area contributed by atoms with Gasteiger partial charge in [-0.3, -0.25) is 0 Å². The minimum absolute atomic E-state index is 1.24. The molecule has 0 spiro atoms. The van der Waals surface area contributed by atoms with Crippen LogP contribution in [0.3, 0.4) is 0 Å². The second kappa shape index (κ2) is 4.84. The third-order valence-electron chi connectivity index (χ3n) is 1.19. The van der Waals surface area contributed by atoms with Gasteiger partial charge in [-0.25, -0.2) is 0 Å². The van der Waals surface area contributed by atoms with Crippen LogP contribution in [-0.2, 0) is 0 Å². The Hall–Kier alpha value is 0.690. The van der Waals surface area contributed by atoms with E-state index in [0.717, 1.165) is 0 Å². The molecule has 0 bridgehead atoms. The summed E-state index contributed by atoms with van der Waals surface area (Å²) in [6.07, 6.45) is 0. The quantitative estimate of drug-likeness (QED) is 0.391. The minimum Gasteiger partial charge on any atom is -0.327 e. The number of alkyl halides is 1. The van der Waals surface area contributed by atoms with Crippen LogP contribution in [0, 0.1) is 0 Å². The summed E-state index contributed by atoms with van der Waals surface area (Å²) in [4.78, 5) is 1.67. The van der Waals surface area contributed by atoms with Gasteiger partial charge in [0.1, 0.15) is 4.55 Å². The first-order valence-electron chi connectivity index (χ1n) is 2.74. The van der Waals surface area contributed by atoms with Gasteiger partial charge in [0.05, 0.1) is 13.1 Å². The van der Waals surface area contributed by atoms with Crippen molar-refractivity contribution in [3.05, 3.63) is 0 Å². The molecule has 0 aliphatic rings. The van der Waals surface area contributed by atoms with Crippen LogP contribution in [0.5, 0.6) is 0 Å². The second-order valence-electron chi connectivity index (χ2n) is 1.59. The molecule has 0 saturated carbocycles. The van der Waals surface area contributed by atoms with Crippen molar-refractivity contribution in [2.75, 3.05) is 17.6 Å². The van der Waals surface area contributed by atoms with Gasteiger partial charge in [-0.2, -0.15) is 0 Å². The maximum atomic E-state index is 2.41. The van der Waals surface area contributed by atoms with E-state index < -0.39 is 0 Å². The molecule has 7 heavy (non-hydrogen) atoms. The molecule has 0 saturated heterocycles. The summed E-state index contributed by atoms with van der Waals surface area (Å²) in [5.74, 6) is 0. The van der Waals surface area contributed by atoms with Crippen LogP contribution >= 0.6 is 22.6 Å². The molecular weight excluding hydrogens is 201 g/mol. The number of rotatable bonds is 3. The van der Waals surface area contributed by atoms with E-state index in [1.807, 2.05) is 0 Å². The molecule has 0 aromatic rings. The Bertz CT molecular complexity index is 29.6. The van der Waals surface area contributed by atoms with Crippen molar-refractivity contribution < 1.29 is 4.90 Å². The molecule has 0 rings (SSSR count). The highest BCUT2D eigenvalue weighted by Gasteiger charge is 1.94. The molecule has 0 aromatic carbocycles. The van der Waals surface area contributed by atoms with Crippen molar-refractivity contribution in [3.8, 4) is 0 Å². The maximum Gasteiger partial charge on any atom is 0.128 e. The van der Waals surface area contributed by atoms with Crippen molar-refractivity contribution in [2.24, 2.45) is 0 Å². The van der Waals surface area contributed by atoms with Gasteiger partial charge in [-0.15, -0.1) is 0 Å². The fourth-order valence-electron chi connectivity index (χ4n) is 0.439. The number of nitrogens with one attached hydrogen (secondary N) is 1. The third kappa shape index (κ3) is 3.29. The summed E-state index contributed by atoms with van der Waals surface area (Å²) < 4.78 is 1.24. The molecule has 2 heteroatoms. The predicted molar refractivity (Wildman–Crippen MR) is 40.9 cm³/mol. The van der Waals surface area contributed by atoms with Crippen molar-refractivity contribution >= 4 is 22.6 Å². The summed E-state index contributed by atoms with van der Waals surface area (Å²) in [6.45, 7) is 6.97. The Morgan fingerprint density at radius 1 is 1.29 bits per heavy atom. The Balaban J connectivity index is 2.99. The van der Waals surface area contributed by atoms with E-state index in [1.165, 1.54) is 17.6 Å². The van der Waals surface area contributed by atoms with Crippen molar-refractivity contribution in [1.82, 2.24) is 0 Å². The molecule has 1 N–H and O–H groups in total. The van der Waals surface area contributed by atoms with Crippen LogP contribution in [-0.4, -0.2) is 17.6 Å². The van der Waals surface area contributed by atoms with E-state index in [1.54, 1.807) is 4.90 Å². The highest BCUT2D eigenvalue weighted by atomic mass is 127. The molecule has 0 heterocycles. The summed E-state index contributed by atoms with van der Waals surface area (Å²) in [5.41, 5.74) is 0. The third-order valence-corrected chi connectivity index (χ3v) is 2.27. The van der Waals surface area contributed by atoms with Crippen LogP contribution in [0.2, 0.25) is 0 Å². The zero-order valence-corrected chi connectivity index (χ0v) is 7.16. The molecule has 0 radical (unpaired) electrons. The van der Waals surface area contributed by atoms with Crippen LogP contribution in [0.15, 0.2) is 0 Å². The molecule has 0 aromatic heterocycles. The molecule has 1 nitrogen and oxygen atoms in total. The topological polar surface area (TPSA) is 4.44 Å². The molecule has 0 fully saturated rings. The van der Waals surface area contributed by atoms with Gasteiger partial charge in [0.2, 0.25) is 0 Å². The summed E-state index contributed by atoms with van der Waals surface area (Å²) in [7, 11) is 0. The largest absolute Gasteiger partial charge is 0.327 e. The lowest BCUT2D eigenvalue weighted by molar-refractivity contribution is -0.879. The number of halogens is 1. The Morgan fingerprint density at radius 3 is 1.71 bits per heavy atom. The Morgan fingerprint density at radius 2 is 1.71 bits per heavy atom. The van der Waals surface area contributed by atoms with E-state index in [4.69, 9.17) is 0 Å².